The minimum absolute atomic E-state index is 0.0256. The van der Waals surface area contributed by atoms with Crippen LogP contribution in [0.3, 0.4) is 0 Å². The standard InChI is InChI=1S/C17H28FN3/c1-16(2,3)20-12-13-8-11-19-15(14(13)18)21-17(4)9-6-5-7-10-17/h8,11,20H,5-7,9-10,12H2,1-4H3,(H,19,21). The minimum Gasteiger partial charge on any atom is -0.362 e. The van der Waals surface area contributed by atoms with E-state index >= 15 is 0 Å². The number of hydrogen-bond donors (Lipinski definition) is 2. The summed E-state index contributed by atoms with van der Waals surface area (Å²) >= 11 is 0. The molecule has 4 heteroatoms. The molecule has 1 aromatic heterocycles. The summed E-state index contributed by atoms with van der Waals surface area (Å²) in [6.07, 6.45) is 7.55. The van der Waals surface area contributed by atoms with Gasteiger partial charge in [-0.05, 0) is 46.6 Å². The predicted molar refractivity (Wildman–Crippen MR) is 85.9 cm³/mol. The Kier molecular flexibility index (Phi) is 4.87. The number of halogens is 1. The molecule has 1 fully saturated rings. The highest BCUT2D eigenvalue weighted by Crippen LogP contribution is 2.31. The molecule has 0 spiro atoms. The molecule has 1 aromatic rings. The van der Waals surface area contributed by atoms with Gasteiger partial charge in [-0.25, -0.2) is 9.37 Å². The Morgan fingerprint density at radius 3 is 2.52 bits per heavy atom. The summed E-state index contributed by atoms with van der Waals surface area (Å²) in [7, 11) is 0. The van der Waals surface area contributed by atoms with Gasteiger partial charge in [-0.3, -0.25) is 0 Å². The third-order valence-electron chi connectivity index (χ3n) is 4.16. The molecule has 0 aromatic carbocycles. The van der Waals surface area contributed by atoms with E-state index in [0.29, 0.717) is 17.9 Å². The number of rotatable bonds is 4. The summed E-state index contributed by atoms with van der Waals surface area (Å²) in [5.41, 5.74) is 0.614. The van der Waals surface area contributed by atoms with E-state index in [4.69, 9.17) is 0 Å². The highest BCUT2D eigenvalue weighted by atomic mass is 19.1. The summed E-state index contributed by atoms with van der Waals surface area (Å²) in [4.78, 5) is 4.21. The second kappa shape index (κ2) is 6.30. The van der Waals surface area contributed by atoms with Gasteiger partial charge in [0.15, 0.2) is 11.6 Å². The summed E-state index contributed by atoms with van der Waals surface area (Å²) in [5, 5.41) is 6.67. The lowest BCUT2D eigenvalue weighted by atomic mass is 9.83. The molecule has 0 amide bonds. The van der Waals surface area contributed by atoms with Gasteiger partial charge >= 0.3 is 0 Å². The molecule has 2 N–H and O–H groups in total. The average Bonchev–Trinajstić information content (AvgIpc) is 2.39. The molecule has 1 aliphatic carbocycles. The fourth-order valence-corrected chi connectivity index (χ4v) is 2.81. The zero-order valence-electron chi connectivity index (χ0n) is 13.7. The Balaban J connectivity index is 2.10. The molecular weight excluding hydrogens is 265 g/mol. The Morgan fingerprint density at radius 1 is 1.24 bits per heavy atom. The first-order chi connectivity index (χ1) is 9.79. The van der Waals surface area contributed by atoms with Gasteiger partial charge in [-0.15, -0.1) is 0 Å². The molecule has 0 radical (unpaired) electrons. The lowest BCUT2D eigenvalue weighted by Gasteiger charge is -2.35. The van der Waals surface area contributed by atoms with Crippen LogP contribution in [0.5, 0.6) is 0 Å². The van der Waals surface area contributed by atoms with Gasteiger partial charge in [0.2, 0.25) is 0 Å². The molecule has 3 nitrogen and oxygen atoms in total. The first kappa shape index (κ1) is 16.2. The molecule has 0 saturated heterocycles. The number of pyridine rings is 1. The molecular formula is C17H28FN3. The van der Waals surface area contributed by atoms with Crippen LogP contribution in [0, 0.1) is 5.82 Å². The Labute approximate surface area is 127 Å². The third-order valence-corrected chi connectivity index (χ3v) is 4.16. The van der Waals surface area contributed by atoms with E-state index in [9.17, 15) is 4.39 Å². The highest BCUT2D eigenvalue weighted by Gasteiger charge is 2.28. The zero-order valence-corrected chi connectivity index (χ0v) is 13.7. The molecule has 0 bridgehead atoms. The van der Waals surface area contributed by atoms with Gasteiger partial charge < -0.3 is 10.6 Å². The van der Waals surface area contributed by atoms with Crippen molar-refractivity contribution in [1.29, 1.82) is 0 Å². The highest BCUT2D eigenvalue weighted by molar-refractivity contribution is 5.42. The molecule has 0 atom stereocenters. The lowest BCUT2D eigenvalue weighted by molar-refractivity contribution is 0.346. The number of nitrogens with one attached hydrogen (secondary N) is 2. The van der Waals surface area contributed by atoms with Gasteiger partial charge in [-0.1, -0.05) is 19.3 Å². The molecule has 1 aliphatic rings. The second-order valence-electron chi connectivity index (χ2n) is 7.48. The van der Waals surface area contributed by atoms with E-state index in [0.717, 1.165) is 12.8 Å². The van der Waals surface area contributed by atoms with Gasteiger partial charge in [0.25, 0.3) is 0 Å². The Bertz CT molecular complexity index is 473. The molecule has 0 unspecified atom stereocenters. The first-order valence-corrected chi connectivity index (χ1v) is 7.96. The van der Waals surface area contributed by atoms with Crippen molar-refractivity contribution in [1.82, 2.24) is 10.3 Å². The number of hydrogen-bond acceptors (Lipinski definition) is 3. The van der Waals surface area contributed by atoms with Crippen LogP contribution in [0.15, 0.2) is 12.3 Å². The maximum absolute atomic E-state index is 14.6. The SMILES string of the molecule is CC(C)(C)NCc1ccnc(NC2(C)CCCCC2)c1F. The lowest BCUT2D eigenvalue weighted by Crippen LogP contribution is -2.38. The first-order valence-electron chi connectivity index (χ1n) is 7.96. The van der Waals surface area contributed by atoms with Gasteiger partial charge in [0, 0.05) is 29.4 Å². The van der Waals surface area contributed by atoms with E-state index in [1.807, 2.05) is 0 Å². The monoisotopic (exact) mass is 293 g/mol. The second-order valence-corrected chi connectivity index (χ2v) is 7.48. The largest absolute Gasteiger partial charge is 0.362 e. The van der Waals surface area contributed by atoms with Crippen LogP contribution >= 0.6 is 0 Å². The van der Waals surface area contributed by atoms with Crippen molar-refractivity contribution in [3.05, 3.63) is 23.6 Å². The smallest absolute Gasteiger partial charge is 0.169 e. The van der Waals surface area contributed by atoms with Crippen LogP contribution in [0.1, 0.15) is 65.4 Å². The zero-order chi connectivity index (χ0) is 15.5. The normalized spacial score (nSPS) is 18.5. The topological polar surface area (TPSA) is 37.0 Å². The summed E-state index contributed by atoms with van der Waals surface area (Å²) in [6, 6.07) is 1.75. The fraction of sp³-hybridized carbons (Fsp3) is 0.706. The van der Waals surface area contributed by atoms with Crippen molar-refractivity contribution in [2.75, 3.05) is 5.32 Å². The molecule has 0 aliphatic heterocycles. The minimum atomic E-state index is -0.221. The molecule has 118 valence electrons. The van der Waals surface area contributed by atoms with E-state index in [-0.39, 0.29) is 16.9 Å². The maximum Gasteiger partial charge on any atom is 0.169 e. The number of anilines is 1. The Morgan fingerprint density at radius 2 is 1.90 bits per heavy atom. The fourth-order valence-electron chi connectivity index (χ4n) is 2.81. The van der Waals surface area contributed by atoms with Gasteiger partial charge in [0.05, 0.1) is 0 Å². The quantitative estimate of drug-likeness (QED) is 0.871. The third kappa shape index (κ3) is 4.67. The van der Waals surface area contributed by atoms with Crippen LogP contribution in [0.4, 0.5) is 10.2 Å². The Hall–Kier alpha value is -1.16. The molecule has 21 heavy (non-hydrogen) atoms. The van der Waals surface area contributed by atoms with Crippen molar-refractivity contribution in [2.24, 2.45) is 0 Å². The molecule has 2 rings (SSSR count). The van der Waals surface area contributed by atoms with Crippen molar-refractivity contribution in [2.45, 2.75) is 77.4 Å². The summed E-state index contributed by atoms with van der Waals surface area (Å²) in [6.45, 7) is 8.92. The van der Waals surface area contributed by atoms with Crippen LogP contribution in [0.2, 0.25) is 0 Å². The maximum atomic E-state index is 14.6. The van der Waals surface area contributed by atoms with Crippen molar-refractivity contribution < 1.29 is 4.39 Å². The van der Waals surface area contributed by atoms with Crippen molar-refractivity contribution in [3.8, 4) is 0 Å². The van der Waals surface area contributed by atoms with Gasteiger partial charge in [0.1, 0.15) is 0 Å². The number of nitrogens with zero attached hydrogens (tertiary/aromatic N) is 1. The van der Waals surface area contributed by atoms with Crippen molar-refractivity contribution >= 4 is 5.82 Å². The van der Waals surface area contributed by atoms with E-state index in [1.54, 1.807) is 12.3 Å². The molecule has 1 heterocycles. The number of aromatic nitrogens is 1. The van der Waals surface area contributed by atoms with E-state index < -0.39 is 0 Å². The average molecular weight is 293 g/mol. The predicted octanol–water partition coefficient (Wildman–Crippen LogP) is 4.24. The van der Waals surface area contributed by atoms with E-state index in [1.165, 1.54) is 19.3 Å². The van der Waals surface area contributed by atoms with Crippen molar-refractivity contribution in [3.63, 3.8) is 0 Å². The molecule has 1 saturated carbocycles. The van der Waals surface area contributed by atoms with Crippen LogP contribution < -0.4 is 10.6 Å². The van der Waals surface area contributed by atoms with Crippen LogP contribution in [0.25, 0.3) is 0 Å². The summed E-state index contributed by atoms with van der Waals surface area (Å²) in [5.74, 6) is 0.175. The van der Waals surface area contributed by atoms with Crippen LogP contribution in [-0.4, -0.2) is 16.1 Å². The van der Waals surface area contributed by atoms with Crippen LogP contribution in [-0.2, 0) is 6.54 Å². The van der Waals surface area contributed by atoms with E-state index in [2.05, 4.69) is 43.3 Å². The van der Waals surface area contributed by atoms with Gasteiger partial charge in [-0.2, -0.15) is 0 Å². The summed E-state index contributed by atoms with van der Waals surface area (Å²) < 4.78 is 14.6.